The van der Waals surface area contributed by atoms with Gasteiger partial charge in [-0.15, -0.1) is 0 Å². The average molecular weight is 217 g/mol. The van der Waals surface area contributed by atoms with Gasteiger partial charge in [0, 0.05) is 32.6 Å². The fraction of sp³-hybridized carbons (Fsp3) is 0.500. The van der Waals surface area contributed by atoms with Crippen LogP contribution in [-0.2, 0) is 4.79 Å². The molecule has 16 heavy (non-hydrogen) atoms. The van der Waals surface area contributed by atoms with Crippen molar-refractivity contribution in [2.75, 3.05) is 14.1 Å². The predicted molar refractivity (Wildman–Crippen MR) is 66.0 cm³/mol. The van der Waals surface area contributed by atoms with Crippen molar-refractivity contribution in [1.29, 1.82) is 0 Å². The van der Waals surface area contributed by atoms with Crippen molar-refractivity contribution in [3.63, 3.8) is 0 Å². The van der Waals surface area contributed by atoms with E-state index in [9.17, 15) is 4.79 Å². The Morgan fingerprint density at radius 3 is 2.75 bits per heavy atom. The molecule has 1 atom stereocenters. The van der Waals surface area contributed by atoms with E-state index in [2.05, 4.69) is 44.1 Å². The van der Waals surface area contributed by atoms with Gasteiger partial charge >= 0.3 is 0 Å². The maximum Gasteiger partial charge on any atom is 0.133 e. The molecule has 2 heteroatoms. The summed E-state index contributed by atoms with van der Waals surface area (Å²) in [5, 5.41) is 0. The van der Waals surface area contributed by atoms with Crippen LogP contribution < -0.4 is 0 Å². The maximum atomic E-state index is 11.3. The lowest BCUT2D eigenvalue weighted by Crippen LogP contribution is -2.12. The molecule has 2 nitrogen and oxygen atoms in total. The molecule has 0 heterocycles. The zero-order chi connectivity index (χ0) is 11.7. The van der Waals surface area contributed by atoms with E-state index in [0.29, 0.717) is 11.7 Å². The predicted octanol–water partition coefficient (Wildman–Crippen LogP) is 2.69. The van der Waals surface area contributed by atoms with Crippen LogP contribution in [0.1, 0.15) is 26.2 Å². The van der Waals surface area contributed by atoms with E-state index in [1.807, 2.05) is 0 Å². The molecule has 0 saturated heterocycles. The Bertz CT molecular complexity index is 399. The third-order valence-electron chi connectivity index (χ3n) is 3.60. The molecule has 0 spiro atoms. The molecule has 1 saturated carbocycles. The first kappa shape index (κ1) is 11.2. The summed E-state index contributed by atoms with van der Waals surface area (Å²) < 4.78 is 0. The largest absolute Gasteiger partial charge is 0.381 e. The molecule has 0 aromatic rings. The smallest absolute Gasteiger partial charge is 0.133 e. The van der Waals surface area contributed by atoms with Gasteiger partial charge < -0.3 is 4.90 Å². The molecule has 0 aromatic heterocycles. The molecule has 2 aliphatic rings. The Morgan fingerprint density at radius 2 is 2.19 bits per heavy atom. The molecule has 2 aliphatic carbocycles. The highest BCUT2D eigenvalue weighted by molar-refractivity contribution is 5.81. The average Bonchev–Trinajstić information content (AvgIpc) is 2.83. The van der Waals surface area contributed by atoms with Crippen LogP contribution in [0.5, 0.6) is 0 Å². The lowest BCUT2D eigenvalue weighted by molar-refractivity contribution is -0.117. The van der Waals surface area contributed by atoms with Crippen molar-refractivity contribution < 1.29 is 4.79 Å². The van der Waals surface area contributed by atoms with Gasteiger partial charge in [0.05, 0.1) is 0 Å². The van der Waals surface area contributed by atoms with Crippen LogP contribution in [0.25, 0.3) is 0 Å². The summed E-state index contributed by atoms with van der Waals surface area (Å²) in [6, 6.07) is 0. The molecule has 0 N–H and O–H groups in total. The number of carbonyl (C=O) groups excluding carboxylic acids is 1. The minimum atomic E-state index is 0.416. The van der Waals surface area contributed by atoms with Crippen molar-refractivity contribution in [3.8, 4) is 0 Å². The van der Waals surface area contributed by atoms with E-state index in [-0.39, 0.29) is 0 Å². The zero-order valence-corrected chi connectivity index (χ0v) is 10.3. The van der Waals surface area contributed by atoms with Crippen LogP contribution in [0.2, 0.25) is 0 Å². The van der Waals surface area contributed by atoms with Gasteiger partial charge in [0.15, 0.2) is 0 Å². The van der Waals surface area contributed by atoms with Gasteiger partial charge in [0.25, 0.3) is 0 Å². The topological polar surface area (TPSA) is 20.3 Å². The molecule has 86 valence electrons. The number of carbonyl (C=O) groups is 1. The van der Waals surface area contributed by atoms with Crippen LogP contribution in [0.15, 0.2) is 35.1 Å². The van der Waals surface area contributed by atoms with Crippen LogP contribution in [0, 0.1) is 5.92 Å². The summed E-state index contributed by atoms with van der Waals surface area (Å²) in [4.78, 5) is 13.5. The molecule has 0 aliphatic heterocycles. The van der Waals surface area contributed by atoms with E-state index in [4.69, 9.17) is 0 Å². The fourth-order valence-electron chi connectivity index (χ4n) is 2.44. The van der Waals surface area contributed by atoms with Crippen LogP contribution in [0.4, 0.5) is 0 Å². The van der Waals surface area contributed by atoms with Crippen LogP contribution in [0.3, 0.4) is 0 Å². The number of Topliss-reactive ketones (excluding diaryl/α,β-unsaturated/α-hetero) is 1. The number of hydrogen-bond acceptors (Lipinski definition) is 2. The Morgan fingerprint density at radius 1 is 1.44 bits per heavy atom. The van der Waals surface area contributed by atoms with Gasteiger partial charge in [0.2, 0.25) is 0 Å². The molecule has 0 bridgehead atoms. The van der Waals surface area contributed by atoms with Gasteiger partial charge in [-0.2, -0.15) is 0 Å². The van der Waals surface area contributed by atoms with Crippen molar-refractivity contribution in [2.45, 2.75) is 26.2 Å². The lowest BCUT2D eigenvalue weighted by atomic mass is 9.92. The monoisotopic (exact) mass is 217 g/mol. The minimum absolute atomic E-state index is 0.416. The van der Waals surface area contributed by atoms with E-state index >= 15 is 0 Å². The van der Waals surface area contributed by atoms with Gasteiger partial charge in [0.1, 0.15) is 5.78 Å². The van der Waals surface area contributed by atoms with Gasteiger partial charge in [-0.3, -0.25) is 4.79 Å². The van der Waals surface area contributed by atoms with Crippen LogP contribution in [-0.4, -0.2) is 24.8 Å². The molecule has 0 aromatic carbocycles. The number of nitrogens with zero attached hydrogens (tertiary/aromatic N) is 1. The maximum absolute atomic E-state index is 11.3. The number of allylic oxidation sites excluding steroid dienone is 6. The summed E-state index contributed by atoms with van der Waals surface area (Å²) in [6.07, 6.45) is 8.95. The van der Waals surface area contributed by atoms with Crippen LogP contribution >= 0.6 is 0 Å². The van der Waals surface area contributed by atoms with Gasteiger partial charge in [-0.05, 0) is 30.4 Å². The number of rotatable bonds is 2. The second-order valence-corrected chi connectivity index (χ2v) is 4.85. The second kappa shape index (κ2) is 4.28. The normalized spacial score (nSPS) is 27.3. The fourth-order valence-corrected chi connectivity index (χ4v) is 2.44. The van der Waals surface area contributed by atoms with Gasteiger partial charge in [-0.1, -0.05) is 18.2 Å². The first-order chi connectivity index (χ1) is 7.59. The molecule has 1 fully saturated rings. The molecule has 1 unspecified atom stereocenters. The number of hydrogen-bond donors (Lipinski definition) is 0. The molecule has 0 amide bonds. The highest BCUT2D eigenvalue weighted by Gasteiger charge is 2.28. The van der Waals surface area contributed by atoms with Crippen molar-refractivity contribution in [2.24, 2.45) is 5.92 Å². The third kappa shape index (κ3) is 1.97. The number of ketones is 1. The highest BCUT2D eigenvalue weighted by Crippen LogP contribution is 2.37. The standard InChI is InChI=1S/C14H19NO/c1-10(15(2)3)13-5-4-6-14(13)11-7-8-12(16)9-11/h4-6,11H,7-9H2,1-3H3/b13-10+. The first-order valence-corrected chi connectivity index (χ1v) is 5.88. The first-order valence-electron chi connectivity index (χ1n) is 5.88. The third-order valence-corrected chi connectivity index (χ3v) is 3.60. The van der Waals surface area contributed by atoms with Crippen molar-refractivity contribution in [1.82, 2.24) is 4.90 Å². The van der Waals surface area contributed by atoms with Crippen molar-refractivity contribution >= 4 is 5.78 Å². The summed E-state index contributed by atoms with van der Waals surface area (Å²) >= 11 is 0. The summed E-state index contributed by atoms with van der Waals surface area (Å²) in [6.45, 7) is 2.13. The Balaban J connectivity index is 2.24. The summed E-state index contributed by atoms with van der Waals surface area (Å²) in [5.74, 6) is 0.868. The Hall–Kier alpha value is -1.31. The highest BCUT2D eigenvalue weighted by atomic mass is 16.1. The van der Waals surface area contributed by atoms with Gasteiger partial charge in [-0.25, -0.2) is 0 Å². The quantitative estimate of drug-likeness (QED) is 0.708. The van der Waals surface area contributed by atoms with Crippen molar-refractivity contribution in [3.05, 3.63) is 35.1 Å². The SMILES string of the molecule is C/C(=C1/C=CC=C1C1CCC(=O)C1)N(C)C. The van der Waals surface area contributed by atoms with E-state index in [1.54, 1.807) is 0 Å². The second-order valence-electron chi connectivity index (χ2n) is 4.85. The zero-order valence-electron chi connectivity index (χ0n) is 10.3. The Labute approximate surface area is 97.3 Å². The molecule has 2 rings (SSSR count). The van der Waals surface area contributed by atoms with E-state index < -0.39 is 0 Å². The molecule has 0 radical (unpaired) electrons. The minimum Gasteiger partial charge on any atom is -0.381 e. The molecular formula is C14H19NO. The summed E-state index contributed by atoms with van der Waals surface area (Å²) in [5.41, 5.74) is 3.95. The van der Waals surface area contributed by atoms with E-state index in [0.717, 1.165) is 19.3 Å². The van der Waals surface area contributed by atoms with E-state index in [1.165, 1.54) is 16.8 Å². The lowest BCUT2D eigenvalue weighted by Gasteiger charge is -2.20. The molecular weight excluding hydrogens is 198 g/mol. The summed E-state index contributed by atoms with van der Waals surface area (Å²) in [7, 11) is 4.12. The Kier molecular flexibility index (Phi) is 2.99.